The number of aromatic nitrogens is 1. The number of rotatable bonds is 6. The zero-order chi connectivity index (χ0) is 12.8. The maximum atomic E-state index is 10.7. The van der Waals surface area contributed by atoms with Crippen LogP contribution in [0.3, 0.4) is 0 Å². The Morgan fingerprint density at radius 3 is 2.82 bits per heavy atom. The lowest BCUT2D eigenvalue weighted by atomic mass is 10.3. The number of nitrogens with one attached hydrogen (secondary N) is 2. The molecule has 0 bridgehead atoms. The molecule has 1 heterocycles. The number of anilines is 2. The normalized spacial score (nSPS) is 9.71. The topological polar surface area (TPSA) is 123 Å². The number of carbonyl (C=O) groups excluding carboxylic acids is 1. The van der Waals surface area contributed by atoms with E-state index in [1.165, 1.54) is 12.1 Å². The van der Waals surface area contributed by atoms with Crippen LogP contribution in [0.15, 0.2) is 12.1 Å². The van der Waals surface area contributed by atoms with Gasteiger partial charge >= 0.3 is 5.69 Å². The van der Waals surface area contributed by atoms with Gasteiger partial charge in [-0.05, 0) is 6.07 Å². The summed E-state index contributed by atoms with van der Waals surface area (Å²) in [7, 11) is 1.65. The van der Waals surface area contributed by atoms with E-state index in [0.29, 0.717) is 5.82 Å². The summed E-state index contributed by atoms with van der Waals surface area (Å²) < 4.78 is 0. The van der Waals surface area contributed by atoms with Crippen molar-refractivity contribution in [3.8, 4) is 0 Å². The van der Waals surface area contributed by atoms with Gasteiger partial charge in [0.25, 0.3) is 0 Å². The van der Waals surface area contributed by atoms with E-state index in [1.807, 2.05) is 0 Å². The number of hydrogen-bond donors (Lipinski definition) is 3. The molecule has 92 valence electrons. The van der Waals surface area contributed by atoms with E-state index >= 15 is 0 Å². The van der Waals surface area contributed by atoms with Crippen molar-refractivity contribution in [3.05, 3.63) is 22.2 Å². The van der Waals surface area contributed by atoms with Gasteiger partial charge in [-0.15, -0.1) is 0 Å². The molecule has 0 aliphatic carbocycles. The molecule has 1 aromatic rings. The molecule has 1 amide bonds. The number of nitrogens with two attached hydrogens (primary N) is 1. The summed E-state index contributed by atoms with van der Waals surface area (Å²) >= 11 is 0. The molecule has 4 N–H and O–H groups in total. The van der Waals surface area contributed by atoms with Gasteiger partial charge in [0, 0.05) is 26.1 Å². The van der Waals surface area contributed by atoms with Crippen LogP contribution in [0, 0.1) is 10.1 Å². The van der Waals surface area contributed by atoms with Gasteiger partial charge in [-0.3, -0.25) is 14.9 Å². The van der Waals surface area contributed by atoms with E-state index in [1.54, 1.807) is 7.05 Å². The number of carbonyl (C=O) groups is 1. The predicted molar refractivity (Wildman–Crippen MR) is 62.7 cm³/mol. The minimum absolute atomic E-state index is 0.0859. The average Bonchev–Trinajstić information content (AvgIpc) is 2.28. The Hall–Kier alpha value is -2.38. The summed E-state index contributed by atoms with van der Waals surface area (Å²) in [6.45, 7) is 0.205. The molecule has 0 aliphatic heterocycles. The molecular weight excluding hydrogens is 226 g/mol. The molecule has 0 aliphatic rings. The summed E-state index contributed by atoms with van der Waals surface area (Å²) in [4.78, 5) is 24.7. The van der Waals surface area contributed by atoms with Crippen LogP contribution in [0.4, 0.5) is 17.3 Å². The van der Waals surface area contributed by atoms with Crippen molar-refractivity contribution < 1.29 is 9.72 Å². The molecule has 0 unspecified atom stereocenters. The van der Waals surface area contributed by atoms with Crippen LogP contribution in [-0.4, -0.2) is 29.4 Å². The standard InChI is InChI=1S/C9H13N5O3/c1-11-8-3-2-6(14(16)17)9(13-8)12-5-4-7(10)15/h2-3H,4-5H2,1H3,(H2,10,15)(H2,11,12,13). The number of nitro groups is 1. The highest BCUT2D eigenvalue weighted by Crippen LogP contribution is 2.23. The average molecular weight is 239 g/mol. The predicted octanol–water partition coefficient (Wildman–Crippen LogP) is 0.319. The Balaban J connectivity index is 2.85. The van der Waals surface area contributed by atoms with Crippen molar-refractivity contribution in [1.82, 2.24) is 4.98 Å². The quantitative estimate of drug-likeness (QED) is 0.485. The van der Waals surface area contributed by atoms with Crippen LogP contribution in [0.1, 0.15) is 6.42 Å². The van der Waals surface area contributed by atoms with Gasteiger partial charge in [-0.1, -0.05) is 0 Å². The number of pyridine rings is 1. The van der Waals surface area contributed by atoms with Crippen molar-refractivity contribution in [3.63, 3.8) is 0 Å². The Morgan fingerprint density at radius 1 is 1.59 bits per heavy atom. The Labute approximate surface area is 97.4 Å². The van der Waals surface area contributed by atoms with Gasteiger partial charge in [-0.25, -0.2) is 4.98 Å². The van der Waals surface area contributed by atoms with Gasteiger partial charge in [-0.2, -0.15) is 0 Å². The molecule has 0 saturated carbocycles. The number of nitrogens with zero attached hydrogens (tertiary/aromatic N) is 2. The minimum atomic E-state index is -0.543. The smallest absolute Gasteiger partial charge is 0.311 e. The highest BCUT2D eigenvalue weighted by Gasteiger charge is 2.15. The minimum Gasteiger partial charge on any atom is -0.373 e. The molecule has 8 nitrogen and oxygen atoms in total. The molecule has 1 aromatic heterocycles. The van der Waals surface area contributed by atoms with Crippen molar-refractivity contribution in [1.29, 1.82) is 0 Å². The van der Waals surface area contributed by atoms with E-state index in [-0.39, 0.29) is 24.5 Å². The zero-order valence-corrected chi connectivity index (χ0v) is 9.27. The molecule has 17 heavy (non-hydrogen) atoms. The zero-order valence-electron chi connectivity index (χ0n) is 9.27. The number of amides is 1. The molecule has 0 spiro atoms. The van der Waals surface area contributed by atoms with Crippen molar-refractivity contribution >= 4 is 23.2 Å². The van der Waals surface area contributed by atoms with Crippen LogP contribution in [-0.2, 0) is 4.79 Å². The highest BCUT2D eigenvalue weighted by atomic mass is 16.6. The Kier molecular flexibility index (Phi) is 4.21. The molecule has 0 atom stereocenters. The highest BCUT2D eigenvalue weighted by molar-refractivity contribution is 5.74. The Bertz CT molecular complexity index is 435. The van der Waals surface area contributed by atoms with Gasteiger partial charge < -0.3 is 16.4 Å². The summed E-state index contributed by atoms with van der Waals surface area (Å²) in [6, 6.07) is 2.84. The lowest BCUT2D eigenvalue weighted by molar-refractivity contribution is -0.384. The lowest BCUT2D eigenvalue weighted by Crippen LogP contribution is -2.16. The van der Waals surface area contributed by atoms with Crippen LogP contribution in [0.5, 0.6) is 0 Å². The second kappa shape index (κ2) is 5.64. The largest absolute Gasteiger partial charge is 0.373 e. The first-order valence-corrected chi connectivity index (χ1v) is 4.90. The number of primary amides is 1. The summed E-state index contributed by atoms with van der Waals surface area (Å²) in [6.07, 6.45) is 0.0859. The van der Waals surface area contributed by atoms with Crippen molar-refractivity contribution in [2.75, 3.05) is 24.2 Å². The molecule has 1 rings (SSSR count). The van der Waals surface area contributed by atoms with E-state index in [0.717, 1.165) is 0 Å². The second-order valence-electron chi connectivity index (χ2n) is 3.21. The van der Waals surface area contributed by atoms with Gasteiger partial charge in [0.2, 0.25) is 11.7 Å². The molecule has 0 radical (unpaired) electrons. The fourth-order valence-corrected chi connectivity index (χ4v) is 1.17. The van der Waals surface area contributed by atoms with E-state index in [4.69, 9.17) is 5.73 Å². The molecular formula is C9H13N5O3. The first kappa shape index (κ1) is 12.7. The maximum absolute atomic E-state index is 10.7. The van der Waals surface area contributed by atoms with E-state index < -0.39 is 10.8 Å². The van der Waals surface area contributed by atoms with Gasteiger partial charge in [0.15, 0.2) is 0 Å². The van der Waals surface area contributed by atoms with Crippen LogP contribution >= 0.6 is 0 Å². The first-order valence-electron chi connectivity index (χ1n) is 4.90. The third-order valence-electron chi connectivity index (χ3n) is 1.99. The Morgan fingerprint density at radius 2 is 2.29 bits per heavy atom. The molecule has 0 saturated heterocycles. The molecule has 0 aromatic carbocycles. The third-order valence-corrected chi connectivity index (χ3v) is 1.99. The summed E-state index contributed by atoms with van der Waals surface area (Å²) in [5.41, 5.74) is 4.82. The summed E-state index contributed by atoms with van der Waals surface area (Å²) in [5, 5.41) is 16.2. The van der Waals surface area contributed by atoms with E-state index in [2.05, 4.69) is 15.6 Å². The lowest BCUT2D eigenvalue weighted by Gasteiger charge is -2.06. The maximum Gasteiger partial charge on any atom is 0.311 e. The summed E-state index contributed by atoms with van der Waals surface area (Å²) in [5.74, 6) is 0.130. The van der Waals surface area contributed by atoms with Gasteiger partial charge in [0.05, 0.1) is 4.92 Å². The van der Waals surface area contributed by atoms with Crippen molar-refractivity contribution in [2.24, 2.45) is 5.73 Å². The first-order chi connectivity index (χ1) is 8.04. The van der Waals surface area contributed by atoms with E-state index in [9.17, 15) is 14.9 Å². The van der Waals surface area contributed by atoms with Crippen LogP contribution in [0.25, 0.3) is 0 Å². The van der Waals surface area contributed by atoms with Crippen molar-refractivity contribution in [2.45, 2.75) is 6.42 Å². The van der Waals surface area contributed by atoms with Crippen LogP contribution < -0.4 is 16.4 Å². The molecule has 8 heteroatoms. The SMILES string of the molecule is CNc1ccc([N+](=O)[O-])c(NCCC(N)=O)n1. The fourth-order valence-electron chi connectivity index (χ4n) is 1.17. The second-order valence-corrected chi connectivity index (χ2v) is 3.21. The third kappa shape index (κ3) is 3.59. The van der Waals surface area contributed by atoms with Crippen LogP contribution in [0.2, 0.25) is 0 Å². The fraction of sp³-hybridized carbons (Fsp3) is 0.333. The number of hydrogen-bond acceptors (Lipinski definition) is 6. The molecule has 0 fully saturated rings. The monoisotopic (exact) mass is 239 g/mol. The van der Waals surface area contributed by atoms with Gasteiger partial charge in [0.1, 0.15) is 5.82 Å².